The van der Waals surface area contributed by atoms with Crippen LogP contribution in [0.15, 0.2) is 97.5 Å². The van der Waals surface area contributed by atoms with Gasteiger partial charge in [0.15, 0.2) is 11.5 Å². The van der Waals surface area contributed by atoms with Gasteiger partial charge in [-0.1, -0.05) is 42.5 Å². The fourth-order valence-electron chi connectivity index (χ4n) is 4.97. The average molecular weight is 558 g/mol. The fraction of sp³-hybridized carbons (Fsp3) is 0.0312. The van der Waals surface area contributed by atoms with Gasteiger partial charge in [0.05, 0.1) is 29.3 Å². The van der Waals surface area contributed by atoms with Crippen LogP contribution in [0, 0.1) is 11.6 Å². The molecule has 0 aliphatic heterocycles. The van der Waals surface area contributed by atoms with Gasteiger partial charge >= 0.3 is 0 Å². The number of halogens is 2. The highest BCUT2D eigenvalue weighted by Crippen LogP contribution is 2.34. The van der Waals surface area contributed by atoms with Gasteiger partial charge in [0.2, 0.25) is 5.91 Å². The van der Waals surface area contributed by atoms with Gasteiger partial charge in [0.1, 0.15) is 17.3 Å². The summed E-state index contributed by atoms with van der Waals surface area (Å²) in [5.41, 5.74) is 5.83. The molecule has 0 atom stereocenters. The Labute approximate surface area is 237 Å². The Morgan fingerprint density at radius 1 is 0.881 bits per heavy atom. The van der Waals surface area contributed by atoms with Gasteiger partial charge in [0, 0.05) is 40.5 Å². The number of H-pyrrole nitrogens is 2. The van der Waals surface area contributed by atoms with E-state index >= 15 is 4.39 Å². The number of rotatable bonds is 6. The smallest absolute Gasteiger partial charge is 0.228 e. The lowest BCUT2D eigenvalue weighted by Gasteiger charge is -2.09. The van der Waals surface area contributed by atoms with Gasteiger partial charge in [-0.25, -0.2) is 18.7 Å². The first-order valence-electron chi connectivity index (χ1n) is 13.1. The van der Waals surface area contributed by atoms with E-state index in [9.17, 15) is 9.18 Å². The molecule has 7 aromatic rings. The van der Waals surface area contributed by atoms with Crippen LogP contribution in [0.1, 0.15) is 5.56 Å². The highest BCUT2D eigenvalue weighted by Gasteiger charge is 2.18. The number of benzene rings is 3. The van der Waals surface area contributed by atoms with Crippen LogP contribution >= 0.6 is 0 Å². The third kappa shape index (κ3) is 4.75. The molecule has 0 saturated carbocycles. The lowest BCUT2D eigenvalue weighted by atomic mass is 10.0. The molecule has 0 fully saturated rings. The Morgan fingerprint density at radius 2 is 1.71 bits per heavy atom. The second-order valence-electron chi connectivity index (χ2n) is 9.77. The lowest BCUT2D eigenvalue weighted by molar-refractivity contribution is -0.115. The van der Waals surface area contributed by atoms with Gasteiger partial charge < -0.3 is 10.3 Å². The topological polar surface area (TPSA) is 112 Å². The summed E-state index contributed by atoms with van der Waals surface area (Å²) >= 11 is 0. The first-order valence-corrected chi connectivity index (χ1v) is 13.1. The van der Waals surface area contributed by atoms with Crippen LogP contribution in [0.4, 0.5) is 14.5 Å². The Kier molecular flexibility index (Phi) is 6.20. The van der Waals surface area contributed by atoms with Gasteiger partial charge in [-0.15, -0.1) is 0 Å². The molecule has 4 aromatic heterocycles. The Morgan fingerprint density at radius 3 is 2.55 bits per heavy atom. The number of carbonyl (C=O) groups excluding carboxylic acids is 1. The van der Waals surface area contributed by atoms with E-state index in [1.54, 1.807) is 30.5 Å². The first kappa shape index (κ1) is 25.2. The number of amides is 1. The molecule has 0 aliphatic rings. The van der Waals surface area contributed by atoms with Gasteiger partial charge in [-0.2, -0.15) is 5.10 Å². The molecule has 0 saturated heterocycles. The highest BCUT2D eigenvalue weighted by atomic mass is 19.1. The normalized spacial score (nSPS) is 11.3. The van der Waals surface area contributed by atoms with Crippen molar-refractivity contribution >= 4 is 33.7 Å². The molecule has 10 heteroatoms. The van der Waals surface area contributed by atoms with Crippen molar-refractivity contribution in [1.29, 1.82) is 0 Å². The van der Waals surface area contributed by atoms with Crippen molar-refractivity contribution in [3.63, 3.8) is 0 Å². The molecular weight excluding hydrogens is 536 g/mol. The Hall–Kier alpha value is -5.77. The number of nitrogens with zero attached hydrogens (tertiary/aromatic N) is 4. The number of aromatic nitrogens is 6. The zero-order valence-corrected chi connectivity index (χ0v) is 21.9. The molecule has 42 heavy (non-hydrogen) atoms. The molecule has 0 bridgehead atoms. The predicted molar refractivity (Wildman–Crippen MR) is 156 cm³/mol. The van der Waals surface area contributed by atoms with Crippen molar-refractivity contribution in [3.8, 4) is 33.8 Å². The summed E-state index contributed by atoms with van der Waals surface area (Å²) in [6, 6.07) is 22.1. The zero-order valence-electron chi connectivity index (χ0n) is 21.9. The minimum atomic E-state index is -0.475. The van der Waals surface area contributed by atoms with Gasteiger partial charge in [-0.3, -0.25) is 14.9 Å². The van der Waals surface area contributed by atoms with Crippen LogP contribution in [-0.4, -0.2) is 36.0 Å². The largest absolute Gasteiger partial charge is 0.335 e. The maximum Gasteiger partial charge on any atom is 0.228 e. The number of hydrogen-bond donors (Lipinski definition) is 3. The van der Waals surface area contributed by atoms with Crippen molar-refractivity contribution in [2.45, 2.75) is 6.42 Å². The molecule has 0 spiro atoms. The minimum absolute atomic E-state index is 0.202. The third-order valence-corrected chi connectivity index (χ3v) is 6.96. The molecule has 0 radical (unpaired) electrons. The molecule has 4 heterocycles. The summed E-state index contributed by atoms with van der Waals surface area (Å²) < 4.78 is 28.8. The Bertz CT molecular complexity index is 2090. The standard InChI is InChI=1S/C32H21F2N7O/c33-21-8-6-19(7-9-21)23-10-11-36-31-29(23)38-32(39-31)30-25-14-24(26(34)15-27(25)40-41-30)20-13-22(17-35-16-20)37-28(42)12-18-4-2-1-3-5-18/h1-11,13-17H,12H2,(H,37,42)(H,40,41)(H,36,38,39). The lowest BCUT2D eigenvalue weighted by Crippen LogP contribution is -2.14. The van der Waals surface area contributed by atoms with Crippen LogP contribution in [0.3, 0.4) is 0 Å². The number of carbonyl (C=O) groups is 1. The van der Waals surface area contributed by atoms with Gasteiger partial charge in [0.25, 0.3) is 0 Å². The molecule has 8 nitrogen and oxygen atoms in total. The van der Waals surface area contributed by atoms with Crippen LogP contribution in [0.5, 0.6) is 0 Å². The molecule has 1 amide bonds. The van der Waals surface area contributed by atoms with Crippen LogP contribution in [0.2, 0.25) is 0 Å². The summed E-state index contributed by atoms with van der Waals surface area (Å²) in [6.07, 6.45) is 4.91. The number of nitrogens with one attached hydrogen (secondary N) is 3. The van der Waals surface area contributed by atoms with Crippen LogP contribution in [0.25, 0.3) is 55.8 Å². The molecular formula is C32H21F2N7O. The minimum Gasteiger partial charge on any atom is -0.335 e. The summed E-state index contributed by atoms with van der Waals surface area (Å²) in [7, 11) is 0. The van der Waals surface area contributed by atoms with Crippen LogP contribution < -0.4 is 5.32 Å². The van der Waals surface area contributed by atoms with Crippen molar-refractivity contribution in [3.05, 3.63) is 115 Å². The predicted octanol–water partition coefficient (Wildman–Crippen LogP) is 6.69. The zero-order chi connectivity index (χ0) is 28.6. The summed E-state index contributed by atoms with van der Waals surface area (Å²) in [5.74, 6) is -0.560. The van der Waals surface area contributed by atoms with E-state index in [2.05, 4.69) is 35.5 Å². The summed E-state index contributed by atoms with van der Waals surface area (Å²) in [5, 5.41) is 10.8. The van der Waals surface area contributed by atoms with E-state index in [1.807, 2.05) is 36.4 Å². The number of imidazole rings is 1. The van der Waals surface area contributed by atoms with E-state index in [4.69, 9.17) is 0 Å². The van der Waals surface area contributed by atoms with Crippen molar-refractivity contribution < 1.29 is 13.6 Å². The third-order valence-electron chi connectivity index (χ3n) is 6.96. The summed E-state index contributed by atoms with van der Waals surface area (Å²) in [4.78, 5) is 29.1. The van der Waals surface area contributed by atoms with E-state index in [-0.39, 0.29) is 23.7 Å². The second kappa shape index (κ2) is 10.3. The fourth-order valence-corrected chi connectivity index (χ4v) is 4.97. The first-order chi connectivity index (χ1) is 20.5. The number of hydrogen-bond acceptors (Lipinski definition) is 5. The van der Waals surface area contributed by atoms with E-state index < -0.39 is 5.82 Å². The van der Waals surface area contributed by atoms with E-state index in [0.717, 1.165) is 16.7 Å². The number of pyridine rings is 2. The average Bonchev–Trinajstić information content (AvgIpc) is 3.61. The molecule has 3 aromatic carbocycles. The molecule has 7 rings (SSSR count). The SMILES string of the molecule is O=C(Cc1ccccc1)Nc1cncc(-c2cc3c(-c4nc5nccc(-c6ccc(F)cc6)c5[nH]4)n[nH]c3cc2F)c1. The number of anilines is 1. The van der Waals surface area contributed by atoms with Crippen molar-refractivity contribution in [1.82, 2.24) is 30.1 Å². The van der Waals surface area contributed by atoms with E-state index in [0.29, 0.717) is 44.8 Å². The number of aromatic amines is 2. The van der Waals surface area contributed by atoms with Crippen LogP contribution in [-0.2, 0) is 11.2 Å². The maximum absolute atomic E-state index is 15.3. The highest BCUT2D eigenvalue weighted by molar-refractivity contribution is 5.98. The summed E-state index contributed by atoms with van der Waals surface area (Å²) in [6.45, 7) is 0. The quantitative estimate of drug-likeness (QED) is 0.211. The Balaban J connectivity index is 1.23. The molecule has 0 unspecified atom stereocenters. The molecule has 0 aliphatic carbocycles. The molecule has 3 N–H and O–H groups in total. The monoisotopic (exact) mass is 557 g/mol. The second-order valence-corrected chi connectivity index (χ2v) is 9.77. The number of fused-ring (bicyclic) bond motifs is 2. The molecule has 204 valence electrons. The van der Waals surface area contributed by atoms with Crippen molar-refractivity contribution in [2.75, 3.05) is 5.32 Å². The van der Waals surface area contributed by atoms with Crippen molar-refractivity contribution in [2.24, 2.45) is 0 Å². The maximum atomic E-state index is 15.3. The van der Waals surface area contributed by atoms with Gasteiger partial charge in [-0.05, 0) is 41.5 Å². The van der Waals surface area contributed by atoms with E-state index in [1.165, 1.54) is 30.6 Å².